The van der Waals surface area contributed by atoms with Crippen molar-refractivity contribution in [3.63, 3.8) is 0 Å². The summed E-state index contributed by atoms with van der Waals surface area (Å²) in [6.07, 6.45) is -1.88. The normalized spacial score (nSPS) is 22.5. The van der Waals surface area contributed by atoms with Gasteiger partial charge in [-0.1, -0.05) is 163 Å². The summed E-state index contributed by atoms with van der Waals surface area (Å²) in [5.41, 5.74) is 6.20. The van der Waals surface area contributed by atoms with E-state index in [0.29, 0.717) is 11.4 Å². The summed E-state index contributed by atoms with van der Waals surface area (Å²) in [5.74, 6) is 0. The first-order valence-electron chi connectivity index (χ1n) is 20.0. The lowest BCUT2D eigenvalue weighted by atomic mass is 9.95. The van der Waals surface area contributed by atoms with E-state index in [9.17, 15) is 0 Å². The van der Waals surface area contributed by atoms with E-state index in [4.69, 9.17) is 4.98 Å². The van der Waals surface area contributed by atoms with Crippen molar-refractivity contribution in [3.05, 3.63) is 233 Å². The molecule has 9 nitrogen and oxygen atoms in total. The fraction of sp³-hybridized carbons (Fsp3) is 0.163. The molecule has 0 radical (unpaired) electrons. The predicted octanol–water partition coefficient (Wildman–Crippen LogP) is 9.25. The molecule has 3 heterocycles. The number of pyridine rings is 1. The van der Waals surface area contributed by atoms with Crippen LogP contribution in [-0.2, 0) is 20.0 Å². The number of benzene rings is 6. The number of rotatable bonds is 10. The van der Waals surface area contributed by atoms with Crippen molar-refractivity contribution < 1.29 is 16.8 Å². The number of sulfonamides is 2. The highest BCUT2D eigenvalue weighted by atomic mass is 32.2. The van der Waals surface area contributed by atoms with E-state index in [1.54, 1.807) is 57.1 Å². The zero-order chi connectivity index (χ0) is 41.4. The van der Waals surface area contributed by atoms with Gasteiger partial charge in [-0.05, 0) is 72.5 Å². The van der Waals surface area contributed by atoms with Crippen LogP contribution >= 0.6 is 0 Å². The molecule has 6 atom stereocenters. The minimum Gasteiger partial charge on any atom is -0.287 e. The smallest absolute Gasteiger partial charge is 0.245 e. The lowest BCUT2D eigenvalue weighted by molar-refractivity contribution is 0.304. The lowest BCUT2D eigenvalue weighted by Crippen LogP contribution is -2.37. The van der Waals surface area contributed by atoms with Crippen LogP contribution in [0.5, 0.6) is 0 Å². The molecule has 0 aliphatic carbocycles. The fourth-order valence-electron chi connectivity index (χ4n) is 8.59. The van der Waals surface area contributed by atoms with Gasteiger partial charge in [0, 0.05) is 0 Å². The third-order valence-corrected chi connectivity index (χ3v) is 15.2. The zero-order valence-electron chi connectivity index (χ0n) is 33.2. The van der Waals surface area contributed by atoms with Crippen LogP contribution in [0.2, 0.25) is 0 Å². The van der Waals surface area contributed by atoms with Gasteiger partial charge in [-0.3, -0.25) is 15.6 Å². The molecule has 11 heteroatoms. The molecule has 0 unspecified atom stereocenters. The van der Waals surface area contributed by atoms with E-state index in [1.165, 1.54) is 0 Å². The molecule has 2 saturated heterocycles. The van der Waals surface area contributed by atoms with Crippen LogP contribution in [0.15, 0.2) is 198 Å². The minimum atomic E-state index is -4.18. The first kappa shape index (κ1) is 39.7. The van der Waals surface area contributed by atoms with Gasteiger partial charge in [-0.25, -0.2) is 16.8 Å². The average Bonchev–Trinajstić information content (AvgIpc) is 3.90. The molecular weight excluding hydrogens is 787 g/mol. The zero-order valence-corrected chi connectivity index (χ0v) is 34.8. The van der Waals surface area contributed by atoms with Gasteiger partial charge in [0.25, 0.3) is 0 Å². The topological polar surface area (TPSA) is 112 Å². The van der Waals surface area contributed by atoms with Crippen LogP contribution in [0.25, 0.3) is 0 Å². The van der Waals surface area contributed by atoms with Gasteiger partial charge in [-0.15, -0.1) is 0 Å². The monoisotopic (exact) mass is 831 g/mol. The molecule has 0 bridgehead atoms. The van der Waals surface area contributed by atoms with Crippen molar-refractivity contribution in [2.24, 2.45) is 0 Å². The third kappa shape index (κ3) is 7.38. The standard InChI is InChI=1S/C49H45N5O4S2/c1-34-26-30-40(31-27-34)59(55,56)53-46(38-20-11-5-12-21-38)44(36-16-7-3-8-17-36)51-48(53)42-24-15-25-43(50-42)49-52-45(37-18-9-4-10-19-37)47(39-22-13-6-14-23-39)54(49)60(57,58)41-32-28-35(2)29-33-41/h3-33,44-49,51-52H,1-2H3/t44-,45-,46-,47-,48+,49+/m1/s1. The van der Waals surface area contributed by atoms with Crippen LogP contribution < -0.4 is 10.6 Å². The number of aromatic nitrogens is 1. The summed E-state index contributed by atoms with van der Waals surface area (Å²) in [5, 5.41) is 7.40. The largest absolute Gasteiger partial charge is 0.287 e. The second-order valence-electron chi connectivity index (χ2n) is 15.4. The Morgan fingerprint density at radius 2 is 0.717 bits per heavy atom. The Bertz CT molecular complexity index is 2610. The van der Waals surface area contributed by atoms with E-state index in [0.717, 1.165) is 33.4 Å². The summed E-state index contributed by atoms with van der Waals surface area (Å²) >= 11 is 0. The van der Waals surface area contributed by atoms with Crippen LogP contribution in [0.1, 0.15) is 81.3 Å². The second kappa shape index (κ2) is 16.3. The number of hydrogen-bond donors (Lipinski definition) is 2. The first-order chi connectivity index (χ1) is 29.1. The molecule has 2 aliphatic rings. The molecule has 302 valence electrons. The van der Waals surface area contributed by atoms with Gasteiger partial charge in [0.1, 0.15) is 12.3 Å². The molecule has 7 aromatic rings. The quantitative estimate of drug-likeness (QED) is 0.141. The highest BCUT2D eigenvalue weighted by molar-refractivity contribution is 7.89. The van der Waals surface area contributed by atoms with E-state index >= 15 is 16.8 Å². The van der Waals surface area contributed by atoms with E-state index in [2.05, 4.69) is 10.6 Å². The molecule has 9 rings (SSSR count). The second-order valence-corrected chi connectivity index (χ2v) is 19.1. The SMILES string of the molecule is Cc1ccc(S(=O)(=O)N2[C@@H](c3cccc([C@H]4N[C@H](c5ccccc5)[C@@H](c5ccccc5)N4S(=O)(=O)c4ccc(C)cc4)n3)N[C@H](c3ccccc3)[C@H]2c2ccccc2)cc1. The Morgan fingerprint density at radius 1 is 0.400 bits per heavy atom. The first-order valence-corrected chi connectivity index (χ1v) is 22.9. The highest BCUT2D eigenvalue weighted by Gasteiger charge is 2.52. The van der Waals surface area contributed by atoms with Gasteiger partial charge in [0.05, 0.1) is 45.3 Å². The Morgan fingerprint density at radius 3 is 1.05 bits per heavy atom. The number of aryl methyl sites for hydroxylation is 2. The van der Waals surface area contributed by atoms with Crippen molar-refractivity contribution in [1.82, 2.24) is 24.2 Å². The van der Waals surface area contributed by atoms with Gasteiger partial charge < -0.3 is 0 Å². The molecule has 2 aliphatic heterocycles. The Kier molecular flexibility index (Phi) is 10.8. The van der Waals surface area contributed by atoms with Crippen molar-refractivity contribution in [1.29, 1.82) is 0 Å². The minimum absolute atomic E-state index is 0.162. The number of nitrogens with one attached hydrogen (secondary N) is 2. The van der Waals surface area contributed by atoms with Crippen LogP contribution in [0.3, 0.4) is 0 Å². The van der Waals surface area contributed by atoms with Crippen LogP contribution in [0, 0.1) is 13.8 Å². The van der Waals surface area contributed by atoms with E-state index in [1.807, 2.05) is 153 Å². The van der Waals surface area contributed by atoms with E-state index in [-0.39, 0.29) is 9.79 Å². The summed E-state index contributed by atoms with van der Waals surface area (Å²) in [7, 11) is -8.35. The fourth-order valence-corrected chi connectivity index (χ4v) is 12.0. The average molecular weight is 832 g/mol. The molecule has 0 amide bonds. The van der Waals surface area contributed by atoms with Crippen molar-refractivity contribution in [2.45, 2.75) is 60.1 Å². The summed E-state index contributed by atoms with van der Waals surface area (Å²) in [6, 6.07) is 56.0. The maximum atomic E-state index is 15.2. The Hall–Kier alpha value is -5.79. The molecular formula is C49H45N5O4S2. The van der Waals surface area contributed by atoms with E-state index < -0.39 is 56.5 Å². The van der Waals surface area contributed by atoms with Gasteiger partial charge >= 0.3 is 0 Å². The van der Waals surface area contributed by atoms with Crippen molar-refractivity contribution in [2.75, 3.05) is 0 Å². The van der Waals surface area contributed by atoms with Crippen LogP contribution in [-0.4, -0.2) is 30.4 Å². The Balaban J connectivity index is 1.22. The van der Waals surface area contributed by atoms with Gasteiger partial charge in [0.15, 0.2) is 0 Å². The molecule has 0 spiro atoms. The molecule has 2 fully saturated rings. The third-order valence-electron chi connectivity index (χ3n) is 11.5. The summed E-state index contributed by atoms with van der Waals surface area (Å²) < 4.78 is 63.7. The maximum Gasteiger partial charge on any atom is 0.245 e. The summed E-state index contributed by atoms with van der Waals surface area (Å²) in [6.45, 7) is 3.85. The van der Waals surface area contributed by atoms with Gasteiger partial charge in [-0.2, -0.15) is 8.61 Å². The number of nitrogens with zero attached hydrogens (tertiary/aromatic N) is 3. The van der Waals surface area contributed by atoms with Crippen molar-refractivity contribution >= 4 is 20.0 Å². The van der Waals surface area contributed by atoms with Crippen molar-refractivity contribution in [3.8, 4) is 0 Å². The predicted molar refractivity (Wildman–Crippen MR) is 233 cm³/mol. The molecule has 1 aromatic heterocycles. The molecule has 60 heavy (non-hydrogen) atoms. The molecule has 2 N–H and O–H groups in total. The molecule has 0 saturated carbocycles. The highest BCUT2D eigenvalue weighted by Crippen LogP contribution is 2.51. The maximum absolute atomic E-state index is 15.2. The summed E-state index contributed by atoms with van der Waals surface area (Å²) in [4.78, 5) is 5.58. The lowest BCUT2D eigenvalue weighted by Gasteiger charge is -2.31. The van der Waals surface area contributed by atoms with Crippen LogP contribution in [0.4, 0.5) is 0 Å². The number of hydrogen-bond acceptors (Lipinski definition) is 7. The molecule has 6 aromatic carbocycles. The Labute approximate surface area is 352 Å². The van der Waals surface area contributed by atoms with Gasteiger partial charge in [0.2, 0.25) is 20.0 Å².